The van der Waals surface area contributed by atoms with Crippen LogP contribution in [0.25, 0.3) is 0 Å². The Hall–Kier alpha value is -3.03. The molecule has 0 aromatic rings. The van der Waals surface area contributed by atoms with Crippen LogP contribution in [0.1, 0.15) is 219 Å². The van der Waals surface area contributed by atoms with Gasteiger partial charge in [-0.05, 0) is 142 Å². The molecule has 72 heavy (non-hydrogen) atoms. The lowest BCUT2D eigenvalue weighted by Gasteiger charge is -2.19. The molecule has 0 aromatic heterocycles. The van der Waals surface area contributed by atoms with E-state index >= 15 is 0 Å². The Labute approximate surface area is 447 Å². The first-order valence-electron chi connectivity index (χ1n) is 28.6. The summed E-state index contributed by atoms with van der Waals surface area (Å²) in [5.74, 6) is -1.40. The van der Waals surface area contributed by atoms with E-state index in [2.05, 4.69) is 67.4 Å². The summed E-state index contributed by atoms with van der Waals surface area (Å²) in [6.45, 7) is 8.65. The summed E-state index contributed by atoms with van der Waals surface area (Å²) in [4.78, 5) is 64.3. The second-order valence-electron chi connectivity index (χ2n) is 19.1. The van der Waals surface area contributed by atoms with E-state index in [0.717, 1.165) is 90.3 Å². The van der Waals surface area contributed by atoms with Gasteiger partial charge in [-0.3, -0.25) is 24.0 Å². The van der Waals surface area contributed by atoms with E-state index in [0.29, 0.717) is 45.3 Å². The topological polar surface area (TPSA) is 135 Å². The normalized spacial score (nSPS) is 13.1. The van der Waals surface area contributed by atoms with E-state index in [9.17, 15) is 24.0 Å². The lowest BCUT2D eigenvalue weighted by atomic mass is 10.1. The number of nitrogens with zero attached hydrogens (tertiary/aromatic N) is 1. The molecule has 0 spiro atoms. The van der Waals surface area contributed by atoms with Crippen molar-refractivity contribution in [3.8, 4) is 0 Å². The molecule has 1 aliphatic heterocycles. The van der Waals surface area contributed by atoms with Gasteiger partial charge in [0.1, 0.15) is 6.10 Å². The fourth-order valence-electron chi connectivity index (χ4n) is 8.11. The largest absolute Gasteiger partial charge is 0.465 e. The van der Waals surface area contributed by atoms with Crippen molar-refractivity contribution in [2.24, 2.45) is 0 Å². The zero-order chi connectivity index (χ0) is 52.1. The number of carbonyl (C=O) groups excluding carboxylic acids is 5. The fraction of sp³-hybridized carbons (Fsp3) is 0.780. The number of allylic oxidation sites excluding steroid dienone is 8. The molecule has 0 unspecified atom stereocenters. The minimum atomic E-state index is -0.404. The SMILES string of the molecule is CCCCC/C=C\C/C=C\CCCCCCCCOC(=O)CSCC(=O)OCCCC(CCCOC(=O)CSCC(=O)OCCCCCCCC/C=C\C/C=C\CCCCC)OC(=O)CCCN1CCCC1. The molecule has 1 heterocycles. The quantitative estimate of drug-likeness (QED) is 0.0248. The number of thioether (sulfide) groups is 2. The Morgan fingerprint density at radius 3 is 1.15 bits per heavy atom. The van der Waals surface area contributed by atoms with E-state index in [1.807, 2.05) is 0 Å². The third-order valence-electron chi connectivity index (χ3n) is 12.3. The first-order valence-corrected chi connectivity index (χ1v) is 30.9. The zero-order valence-electron chi connectivity index (χ0n) is 45.4. The van der Waals surface area contributed by atoms with E-state index in [1.54, 1.807) is 0 Å². The molecule has 0 aliphatic carbocycles. The van der Waals surface area contributed by atoms with Gasteiger partial charge in [0.15, 0.2) is 0 Å². The fourth-order valence-corrected chi connectivity index (χ4v) is 9.31. The molecule has 0 aromatic carbocycles. The van der Waals surface area contributed by atoms with Crippen LogP contribution in [0, 0.1) is 0 Å². The van der Waals surface area contributed by atoms with Crippen molar-refractivity contribution in [2.75, 3.05) is 69.1 Å². The van der Waals surface area contributed by atoms with E-state index in [4.69, 9.17) is 23.7 Å². The number of ether oxygens (including phenoxy) is 5. The molecular formula is C59H101NO10S2. The van der Waals surface area contributed by atoms with Crippen LogP contribution < -0.4 is 0 Å². The highest BCUT2D eigenvalue weighted by Gasteiger charge is 2.18. The molecule has 0 radical (unpaired) electrons. The third kappa shape index (κ3) is 47.9. The summed E-state index contributed by atoms with van der Waals surface area (Å²) in [6.07, 6.45) is 51.1. The minimum absolute atomic E-state index is 0.0529. The average molecular weight is 1050 g/mol. The highest BCUT2D eigenvalue weighted by molar-refractivity contribution is 8.00. The molecule has 0 N–H and O–H groups in total. The van der Waals surface area contributed by atoms with Crippen LogP contribution in [0.5, 0.6) is 0 Å². The standard InChI is InChI=1S/C59H101NO10S2/c1-3-5-7-9-11-13-15-17-19-21-23-25-27-29-31-35-46-66-56(62)50-71-52-58(64)68-48-38-40-54(70-55(61)42-37-45-60-43-33-34-44-60)41-39-49-69-59(65)53-72-51-57(63)67-47-36-32-30-28-26-24-22-20-18-16-14-12-10-8-6-4-2/h11-14,17-20,54H,3-10,15-16,21-53H2,1-2H3/b13-11-,14-12-,19-17-,20-18-. The molecule has 414 valence electrons. The van der Waals surface area contributed by atoms with Gasteiger partial charge in [0, 0.05) is 6.42 Å². The molecule has 0 saturated carbocycles. The van der Waals surface area contributed by atoms with Crippen LogP contribution in [0.2, 0.25) is 0 Å². The lowest BCUT2D eigenvalue weighted by molar-refractivity contribution is -0.151. The molecular weight excluding hydrogens is 947 g/mol. The smallest absolute Gasteiger partial charge is 0.315 e. The van der Waals surface area contributed by atoms with Gasteiger partial charge in [0.2, 0.25) is 0 Å². The van der Waals surface area contributed by atoms with Gasteiger partial charge in [-0.1, -0.05) is 140 Å². The maximum atomic E-state index is 12.8. The van der Waals surface area contributed by atoms with Crippen LogP contribution in [0.3, 0.4) is 0 Å². The van der Waals surface area contributed by atoms with Gasteiger partial charge in [-0.2, -0.15) is 0 Å². The number of esters is 5. The zero-order valence-corrected chi connectivity index (χ0v) is 47.1. The van der Waals surface area contributed by atoms with Gasteiger partial charge < -0.3 is 28.6 Å². The highest BCUT2D eigenvalue weighted by Crippen LogP contribution is 2.16. The van der Waals surface area contributed by atoms with Gasteiger partial charge >= 0.3 is 29.8 Å². The van der Waals surface area contributed by atoms with Gasteiger partial charge in [-0.25, -0.2) is 0 Å². The Bertz CT molecular complexity index is 1360. The summed E-state index contributed by atoms with van der Waals surface area (Å²) < 4.78 is 27.4. The summed E-state index contributed by atoms with van der Waals surface area (Å²) in [5, 5.41) is 0. The van der Waals surface area contributed by atoms with Crippen LogP contribution in [-0.4, -0.2) is 110 Å². The van der Waals surface area contributed by atoms with Gasteiger partial charge in [0.25, 0.3) is 0 Å². The Morgan fingerprint density at radius 1 is 0.417 bits per heavy atom. The van der Waals surface area contributed by atoms with Crippen molar-refractivity contribution in [3.05, 3.63) is 48.6 Å². The molecule has 13 heteroatoms. The number of likely N-dealkylation sites (tertiary alicyclic amines) is 1. The number of unbranched alkanes of at least 4 members (excludes halogenated alkanes) is 18. The van der Waals surface area contributed by atoms with E-state index in [1.165, 1.54) is 126 Å². The molecule has 0 bridgehead atoms. The van der Waals surface area contributed by atoms with Crippen LogP contribution in [-0.2, 0) is 47.7 Å². The minimum Gasteiger partial charge on any atom is -0.465 e. The Balaban J connectivity index is 2.15. The van der Waals surface area contributed by atoms with E-state index < -0.39 is 18.0 Å². The second kappa shape index (κ2) is 52.8. The molecule has 1 saturated heterocycles. The second-order valence-corrected chi connectivity index (χ2v) is 21.1. The van der Waals surface area contributed by atoms with Crippen molar-refractivity contribution in [1.29, 1.82) is 0 Å². The predicted molar refractivity (Wildman–Crippen MR) is 300 cm³/mol. The van der Waals surface area contributed by atoms with Crippen LogP contribution >= 0.6 is 23.5 Å². The molecule has 1 aliphatic rings. The third-order valence-corrected chi connectivity index (χ3v) is 14.1. The highest BCUT2D eigenvalue weighted by atomic mass is 32.2. The van der Waals surface area contributed by atoms with Crippen molar-refractivity contribution < 1.29 is 47.7 Å². The first kappa shape index (κ1) is 67.0. The number of hydrogen-bond donors (Lipinski definition) is 0. The van der Waals surface area contributed by atoms with Gasteiger partial charge in [-0.15, -0.1) is 23.5 Å². The van der Waals surface area contributed by atoms with Crippen LogP contribution in [0.4, 0.5) is 0 Å². The molecule has 1 rings (SSSR count). The molecule has 0 atom stereocenters. The Morgan fingerprint density at radius 2 is 0.764 bits per heavy atom. The van der Waals surface area contributed by atoms with E-state index in [-0.39, 0.29) is 54.1 Å². The summed E-state index contributed by atoms with van der Waals surface area (Å²) in [6, 6.07) is 0. The average Bonchev–Trinajstić information content (AvgIpc) is 3.89. The summed E-state index contributed by atoms with van der Waals surface area (Å²) in [7, 11) is 0. The number of rotatable bonds is 51. The molecule has 0 amide bonds. The first-order chi connectivity index (χ1) is 35.3. The van der Waals surface area contributed by atoms with Crippen LogP contribution in [0.15, 0.2) is 48.6 Å². The monoisotopic (exact) mass is 1050 g/mol. The summed E-state index contributed by atoms with van der Waals surface area (Å²) >= 11 is 2.36. The van der Waals surface area contributed by atoms with Crippen molar-refractivity contribution in [1.82, 2.24) is 4.90 Å². The summed E-state index contributed by atoms with van der Waals surface area (Å²) in [5.41, 5.74) is 0. The van der Waals surface area contributed by atoms with Crippen molar-refractivity contribution >= 4 is 53.4 Å². The Kier molecular flexibility index (Phi) is 49.1. The maximum Gasteiger partial charge on any atom is 0.315 e. The van der Waals surface area contributed by atoms with Crippen molar-refractivity contribution in [3.63, 3.8) is 0 Å². The molecule has 1 fully saturated rings. The predicted octanol–water partition coefficient (Wildman–Crippen LogP) is 14.6. The number of carbonyl (C=O) groups is 5. The van der Waals surface area contributed by atoms with Gasteiger partial charge in [0.05, 0.1) is 49.4 Å². The number of hydrogen-bond acceptors (Lipinski definition) is 13. The van der Waals surface area contributed by atoms with Crippen molar-refractivity contribution in [2.45, 2.75) is 225 Å². The molecule has 11 nitrogen and oxygen atoms in total. The lowest BCUT2D eigenvalue weighted by Crippen LogP contribution is -2.23. The maximum absolute atomic E-state index is 12.8.